The largest absolute Gasteiger partial charge is 0.395 e. The first-order valence-corrected chi connectivity index (χ1v) is 5.01. The molecule has 3 N–H and O–H groups in total. The fourth-order valence-electron chi connectivity index (χ4n) is 1.53. The molecule has 8 heteroatoms. The number of aromatic nitrogens is 3. The zero-order valence-electron chi connectivity index (χ0n) is 9.25. The third-order valence-corrected chi connectivity index (χ3v) is 2.66. The van der Waals surface area contributed by atoms with E-state index in [1.54, 1.807) is 0 Å². The Balaban J connectivity index is 2.55. The van der Waals surface area contributed by atoms with E-state index in [0.717, 1.165) is 13.1 Å². The molecular formula is C10H9F3N4O. The van der Waals surface area contributed by atoms with E-state index in [2.05, 4.69) is 15.2 Å². The number of halogens is 3. The van der Waals surface area contributed by atoms with Crippen molar-refractivity contribution in [3.8, 4) is 0 Å². The summed E-state index contributed by atoms with van der Waals surface area (Å²) >= 11 is 0. The highest BCUT2D eigenvalue weighted by atomic mass is 19.4. The zero-order chi connectivity index (χ0) is 13.5. The monoisotopic (exact) mass is 258 g/mol. The Bertz CT molecular complexity index is 605. The molecule has 0 fully saturated rings. The Morgan fingerprint density at radius 2 is 2.17 bits per heavy atom. The Morgan fingerprint density at radius 3 is 2.72 bits per heavy atom. The summed E-state index contributed by atoms with van der Waals surface area (Å²) in [4.78, 5) is 14.8. The standard InChI is InChI=1S/C10H9F3N4O/c1-4(10(11,12)13)5-2-6-7(8(14)18)16-17-9(6)15-3-5/h2-4H,1H3,(H2,14,18)(H,15,16,17). The number of fused-ring (bicyclic) bond motifs is 1. The minimum Gasteiger partial charge on any atom is -0.364 e. The van der Waals surface area contributed by atoms with E-state index < -0.39 is 18.0 Å². The lowest BCUT2D eigenvalue weighted by molar-refractivity contribution is -0.146. The van der Waals surface area contributed by atoms with Gasteiger partial charge in [0.1, 0.15) is 0 Å². The normalized spacial score (nSPS) is 13.8. The molecule has 5 nitrogen and oxygen atoms in total. The highest BCUT2D eigenvalue weighted by Crippen LogP contribution is 2.34. The molecule has 0 aromatic carbocycles. The van der Waals surface area contributed by atoms with Crippen molar-refractivity contribution < 1.29 is 18.0 Å². The molecule has 0 bridgehead atoms. The van der Waals surface area contributed by atoms with Crippen LogP contribution in [0.4, 0.5) is 13.2 Å². The van der Waals surface area contributed by atoms with Gasteiger partial charge in [0, 0.05) is 6.20 Å². The van der Waals surface area contributed by atoms with E-state index >= 15 is 0 Å². The summed E-state index contributed by atoms with van der Waals surface area (Å²) in [5.41, 5.74) is 5.13. The molecule has 2 heterocycles. The van der Waals surface area contributed by atoms with Gasteiger partial charge in [-0.05, 0) is 18.6 Å². The van der Waals surface area contributed by atoms with Crippen molar-refractivity contribution in [3.05, 3.63) is 23.5 Å². The van der Waals surface area contributed by atoms with E-state index in [-0.39, 0.29) is 22.3 Å². The molecule has 2 aromatic rings. The van der Waals surface area contributed by atoms with Gasteiger partial charge in [0.25, 0.3) is 5.91 Å². The summed E-state index contributed by atoms with van der Waals surface area (Å²) in [5, 5.41) is 6.24. The molecule has 18 heavy (non-hydrogen) atoms. The van der Waals surface area contributed by atoms with Crippen LogP contribution in [0.1, 0.15) is 28.9 Å². The number of carbonyl (C=O) groups is 1. The van der Waals surface area contributed by atoms with Gasteiger partial charge in [-0.3, -0.25) is 9.89 Å². The lowest BCUT2D eigenvalue weighted by atomic mass is 10.0. The molecule has 0 aliphatic carbocycles. The predicted molar refractivity (Wildman–Crippen MR) is 56.9 cm³/mol. The fourth-order valence-corrected chi connectivity index (χ4v) is 1.53. The van der Waals surface area contributed by atoms with Crippen LogP contribution < -0.4 is 5.73 Å². The second kappa shape index (κ2) is 3.97. The molecule has 0 radical (unpaired) electrons. The first-order valence-electron chi connectivity index (χ1n) is 5.01. The molecule has 2 rings (SSSR count). The summed E-state index contributed by atoms with van der Waals surface area (Å²) < 4.78 is 37.7. The number of alkyl halides is 3. The molecule has 1 atom stereocenters. The number of H-pyrrole nitrogens is 1. The first kappa shape index (κ1) is 12.3. The molecule has 0 saturated heterocycles. The van der Waals surface area contributed by atoms with Crippen molar-refractivity contribution in [3.63, 3.8) is 0 Å². The van der Waals surface area contributed by atoms with Gasteiger partial charge in [0.05, 0.1) is 11.3 Å². The zero-order valence-corrected chi connectivity index (χ0v) is 9.25. The van der Waals surface area contributed by atoms with Gasteiger partial charge in [-0.25, -0.2) is 4.98 Å². The van der Waals surface area contributed by atoms with Crippen molar-refractivity contribution >= 4 is 16.9 Å². The maximum atomic E-state index is 12.6. The van der Waals surface area contributed by atoms with Crippen LogP contribution in [0.15, 0.2) is 12.3 Å². The molecular weight excluding hydrogens is 249 g/mol. The number of pyridine rings is 1. The lowest BCUT2D eigenvalue weighted by Gasteiger charge is -2.15. The second-order valence-electron chi connectivity index (χ2n) is 3.86. The minimum absolute atomic E-state index is 0.0427. The Morgan fingerprint density at radius 1 is 1.50 bits per heavy atom. The third kappa shape index (κ3) is 2.01. The van der Waals surface area contributed by atoms with E-state index in [9.17, 15) is 18.0 Å². The highest BCUT2D eigenvalue weighted by Gasteiger charge is 2.37. The minimum atomic E-state index is -4.37. The van der Waals surface area contributed by atoms with Crippen molar-refractivity contribution in [2.45, 2.75) is 19.0 Å². The number of hydrogen-bond donors (Lipinski definition) is 2. The van der Waals surface area contributed by atoms with Crippen LogP contribution in [0, 0.1) is 0 Å². The van der Waals surface area contributed by atoms with Crippen molar-refractivity contribution in [2.24, 2.45) is 5.73 Å². The highest BCUT2D eigenvalue weighted by molar-refractivity contribution is 6.03. The first-order chi connectivity index (χ1) is 8.30. The Labute approximate surface area is 99.2 Å². The average Bonchev–Trinajstić information content (AvgIpc) is 2.69. The summed E-state index contributed by atoms with van der Waals surface area (Å²) in [5.74, 6) is -2.50. The van der Waals surface area contributed by atoms with Crippen LogP contribution in [-0.4, -0.2) is 27.3 Å². The summed E-state index contributed by atoms with van der Waals surface area (Å²) in [7, 11) is 0. The fraction of sp³-hybridized carbons (Fsp3) is 0.300. The molecule has 2 aromatic heterocycles. The van der Waals surface area contributed by atoms with E-state index in [0.29, 0.717) is 0 Å². The Kier molecular flexibility index (Phi) is 2.72. The van der Waals surface area contributed by atoms with Crippen LogP contribution in [0.5, 0.6) is 0 Å². The van der Waals surface area contributed by atoms with E-state index in [4.69, 9.17) is 5.73 Å². The van der Waals surface area contributed by atoms with E-state index in [1.807, 2.05) is 0 Å². The van der Waals surface area contributed by atoms with Gasteiger partial charge in [-0.15, -0.1) is 0 Å². The number of hydrogen-bond acceptors (Lipinski definition) is 3. The van der Waals surface area contributed by atoms with Crippen LogP contribution in [0.2, 0.25) is 0 Å². The van der Waals surface area contributed by atoms with Crippen LogP contribution in [0.25, 0.3) is 11.0 Å². The van der Waals surface area contributed by atoms with Crippen molar-refractivity contribution in [1.82, 2.24) is 15.2 Å². The van der Waals surface area contributed by atoms with Gasteiger partial charge in [0.15, 0.2) is 11.3 Å². The third-order valence-electron chi connectivity index (χ3n) is 2.66. The van der Waals surface area contributed by atoms with Crippen molar-refractivity contribution in [2.75, 3.05) is 0 Å². The molecule has 0 saturated carbocycles. The average molecular weight is 258 g/mol. The summed E-state index contributed by atoms with van der Waals surface area (Å²) in [6.45, 7) is 1.02. The van der Waals surface area contributed by atoms with Crippen LogP contribution in [0.3, 0.4) is 0 Å². The number of nitrogens with one attached hydrogen (secondary N) is 1. The van der Waals surface area contributed by atoms with Crippen molar-refractivity contribution in [1.29, 1.82) is 0 Å². The van der Waals surface area contributed by atoms with Crippen LogP contribution in [-0.2, 0) is 0 Å². The maximum Gasteiger partial charge on any atom is 0.395 e. The predicted octanol–water partition coefficient (Wildman–Crippen LogP) is 1.72. The number of rotatable bonds is 2. The summed E-state index contributed by atoms with van der Waals surface area (Å²) in [6.07, 6.45) is -3.27. The SMILES string of the molecule is CC(c1cnc2[nH]nc(C(N)=O)c2c1)C(F)(F)F. The molecule has 96 valence electrons. The van der Waals surface area contributed by atoms with Crippen LogP contribution >= 0.6 is 0 Å². The molecule has 1 unspecified atom stereocenters. The van der Waals surface area contributed by atoms with Gasteiger partial charge in [-0.1, -0.05) is 0 Å². The number of amides is 1. The van der Waals surface area contributed by atoms with E-state index in [1.165, 1.54) is 6.07 Å². The van der Waals surface area contributed by atoms with Gasteiger partial charge < -0.3 is 5.73 Å². The lowest BCUT2D eigenvalue weighted by Crippen LogP contribution is -2.18. The smallest absolute Gasteiger partial charge is 0.364 e. The molecule has 1 amide bonds. The second-order valence-corrected chi connectivity index (χ2v) is 3.86. The number of nitrogens with two attached hydrogens (primary N) is 1. The van der Waals surface area contributed by atoms with Gasteiger partial charge >= 0.3 is 6.18 Å². The number of nitrogens with zero attached hydrogens (tertiary/aromatic N) is 2. The summed E-state index contributed by atoms with van der Waals surface area (Å²) in [6, 6.07) is 1.23. The Hall–Kier alpha value is -2.12. The maximum absolute atomic E-state index is 12.6. The molecule has 0 spiro atoms. The van der Waals surface area contributed by atoms with Gasteiger partial charge in [-0.2, -0.15) is 18.3 Å². The molecule has 0 aliphatic rings. The number of carbonyl (C=O) groups excluding carboxylic acids is 1. The number of aromatic amines is 1. The van der Waals surface area contributed by atoms with Gasteiger partial charge in [0.2, 0.25) is 0 Å². The number of primary amides is 1. The molecule has 0 aliphatic heterocycles. The topological polar surface area (TPSA) is 84.7 Å². The quantitative estimate of drug-likeness (QED) is 0.860.